The first kappa shape index (κ1) is 15.8. The molecule has 6 nitrogen and oxygen atoms in total. The van der Waals surface area contributed by atoms with Crippen LogP contribution in [0.3, 0.4) is 0 Å². The zero-order chi connectivity index (χ0) is 16.3. The minimum atomic E-state index is -0.567. The van der Waals surface area contributed by atoms with Crippen LogP contribution in [0.2, 0.25) is 5.02 Å². The van der Waals surface area contributed by atoms with Gasteiger partial charge in [0, 0.05) is 22.9 Å². The summed E-state index contributed by atoms with van der Waals surface area (Å²) in [5.74, 6) is -0.201. The third kappa shape index (κ3) is 3.35. The second kappa shape index (κ2) is 6.44. The molecule has 0 bridgehead atoms. The number of nitro benzene ring substituents is 1. The number of phenols is 1. The maximum atomic E-state index is 10.9. The Kier molecular flexibility index (Phi) is 4.62. The molecule has 0 aliphatic heterocycles. The van der Waals surface area contributed by atoms with Crippen LogP contribution in [0.15, 0.2) is 35.3 Å². The number of nitro groups is 1. The number of methoxy groups -OCH3 is 1. The molecule has 0 amide bonds. The van der Waals surface area contributed by atoms with Gasteiger partial charge in [-0.2, -0.15) is 0 Å². The van der Waals surface area contributed by atoms with E-state index in [4.69, 9.17) is 16.3 Å². The summed E-state index contributed by atoms with van der Waals surface area (Å²) in [5, 5.41) is 21.5. The van der Waals surface area contributed by atoms with E-state index in [-0.39, 0.29) is 22.7 Å². The van der Waals surface area contributed by atoms with E-state index in [1.165, 1.54) is 19.4 Å². The Morgan fingerprint density at radius 1 is 1.36 bits per heavy atom. The van der Waals surface area contributed by atoms with Crippen LogP contribution in [-0.2, 0) is 0 Å². The standard InChI is InChI=1S/C15H13ClN2O4/c1-9-3-4-11(6-13(9)16)17-8-10-5-12(18(20)21)7-14(22-2)15(10)19/h3-8,19H,1-2H3. The molecule has 0 heterocycles. The van der Waals surface area contributed by atoms with Gasteiger partial charge >= 0.3 is 0 Å². The molecule has 0 saturated heterocycles. The minimum Gasteiger partial charge on any atom is -0.504 e. The summed E-state index contributed by atoms with van der Waals surface area (Å²) in [6, 6.07) is 7.60. The van der Waals surface area contributed by atoms with Gasteiger partial charge in [0.1, 0.15) is 0 Å². The van der Waals surface area contributed by atoms with E-state index in [0.29, 0.717) is 10.7 Å². The molecule has 2 rings (SSSR count). The quantitative estimate of drug-likeness (QED) is 0.523. The number of benzene rings is 2. The molecule has 0 aliphatic rings. The van der Waals surface area contributed by atoms with Gasteiger partial charge in [-0.15, -0.1) is 0 Å². The van der Waals surface area contributed by atoms with Crippen molar-refractivity contribution in [3.63, 3.8) is 0 Å². The first-order valence-electron chi connectivity index (χ1n) is 6.28. The van der Waals surface area contributed by atoms with Crippen LogP contribution in [-0.4, -0.2) is 23.4 Å². The van der Waals surface area contributed by atoms with Crippen molar-refractivity contribution < 1.29 is 14.8 Å². The predicted octanol–water partition coefficient (Wildman–Crippen LogP) is 4.02. The number of phenolic OH excluding ortho intramolecular Hbond substituents is 1. The number of halogens is 1. The monoisotopic (exact) mass is 320 g/mol. The number of rotatable bonds is 4. The molecule has 7 heteroatoms. The van der Waals surface area contributed by atoms with E-state index in [1.54, 1.807) is 12.1 Å². The highest BCUT2D eigenvalue weighted by Crippen LogP contribution is 2.34. The van der Waals surface area contributed by atoms with Crippen LogP contribution >= 0.6 is 11.6 Å². The lowest BCUT2D eigenvalue weighted by Crippen LogP contribution is -1.94. The topological polar surface area (TPSA) is 85.0 Å². The summed E-state index contributed by atoms with van der Waals surface area (Å²) in [7, 11) is 1.32. The van der Waals surface area contributed by atoms with Gasteiger partial charge in [-0.1, -0.05) is 17.7 Å². The fourth-order valence-corrected chi connectivity index (χ4v) is 1.95. The highest BCUT2D eigenvalue weighted by atomic mass is 35.5. The third-order valence-corrected chi connectivity index (χ3v) is 3.44. The van der Waals surface area contributed by atoms with Gasteiger partial charge in [0.2, 0.25) is 0 Å². The van der Waals surface area contributed by atoms with Crippen LogP contribution in [0.25, 0.3) is 0 Å². The van der Waals surface area contributed by atoms with Crippen molar-refractivity contribution in [2.24, 2.45) is 4.99 Å². The van der Waals surface area contributed by atoms with Crippen molar-refractivity contribution in [3.8, 4) is 11.5 Å². The molecule has 0 aromatic heterocycles. The molecule has 0 radical (unpaired) electrons. The first-order chi connectivity index (χ1) is 10.4. The summed E-state index contributed by atoms with van der Waals surface area (Å²) in [4.78, 5) is 14.5. The average Bonchev–Trinajstić information content (AvgIpc) is 2.49. The Bertz CT molecular complexity index is 759. The van der Waals surface area contributed by atoms with Crippen LogP contribution in [0.4, 0.5) is 11.4 Å². The fraction of sp³-hybridized carbons (Fsp3) is 0.133. The van der Waals surface area contributed by atoms with E-state index < -0.39 is 4.92 Å². The molecule has 0 unspecified atom stereocenters. The molecule has 0 spiro atoms. The highest BCUT2D eigenvalue weighted by Gasteiger charge is 2.15. The lowest BCUT2D eigenvalue weighted by atomic mass is 10.1. The Hall–Kier alpha value is -2.60. The molecule has 0 fully saturated rings. The fourth-order valence-electron chi connectivity index (χ4n) is 1.78. The average molecular weight is 321 g/mol. The molecule has 0 atom stereocenters. The van der Waals surface area contributed by atoms with Gasteiger partial charge in [0.25, 0.3) is 5.69 Å². The van der Waals surface area contributed by atoms with Crippen LogP contribution in [0.5, 0.6) is 11.5 Å². The summed E-state index contributed by atoms with van der Waals surface area (Å²) in [5.41, 5.74) is 1.47. The van der Waals surface area contributed by atoms with Crippen molar-refractivity contribution in [1.82, 2.24) is 0 Å². The van der Waals surface area contributed by atoms with Gasteiger partial charge in [-0.25, -0.2) is 0 Å². The number of aliphatic imine (C=N–C) groups is 1. The van der Waals surface area contributed by atoms with Gasteiger partial charge < -0.3 is 9.84 Å². The number of hydrogen-bond donors (Lipinski definition) is 1. The Balaban J connectivity index is 2.43. The molecule has 114 valence electrons. The second-order valence-electron chi connectivity index (χ2n) is 4.53. The molecule has 2 aromatic rings. The van der Waals surface area contributed by atoms with Crippen LogP contribution < -0.4 is 4.74 Å². The van der Waals surface area contributed by atoms with Crippen molar-refractivity contribution >= 4 is 29.2 Å². The molecule has 1 N–H and O–H groups in total. The lowest BCUT2D eigenvalue weighted by Gasteiger charge is -2.06. The third-order valence-electron chi connectivity index (χ3n) is 3.03. The zero-order valence-corrected chi connectivity index (χ0v) is 12.7. The molecule has 0 aliphatic carbocycles. The largest absolute Gasteiger partial charge is 0.504 e. The summed E-state index contributed by atoms with van der Waals surface area (Å²) < 4.78 is 4.93. The lowest BCUT2D eigenvalue weighted by molar-refractivity contribution is -0.385. The number of aryl methyl sites for hydroxylation is 1. The highest BCUT2D eigenvalue weighted by molar-refractivity contribution is 6.31. The SMILES string of the molecule is COc1cc([N+](=O)[O-])cc(C=Nc2ccc(C)c(Cl)c2)c1O. The van der Waals surface area contributed by atoms with Crippen molar-refractivity contribution in [2.45, 2.75) is 6.92 Å². The molecule has 22 heavy (non-hydrogen) atoms. The van der Waals surface area contributed by atoms with Crippen molar-refractivity contribution in [1.29, 1.82) is 0 Å². The van der Waals surface area contributed by atoms with Crippen molar-refractivity contribution in [3.05, 3.63) is 56.6 Å². The molecule has 0 saturated carbocycles. The molecular weight excluding hydrogens is 308 g/mol. The number of nitrogens with zero attached hydrogens (tertiary/aromatic N) is 2. The molecular formula is C15H13ClN2O4. The minimum absolute atomic E-state index is 0.0117. The summed E-state index contributed by atoms with van der Waals surface area (Å²) >= 11 is 6.01. The van der Waals surface area contributed by atoms with Gasteiger partial charge in [-0.3, -0.25) is 15.1 Å². The number of non-ortho nitro benzene ring substituents is 1. The van der Waals surface area contributed by atoms with Crippen LogP contribution in [0, 0.1) is 17.0 Å². The summed E-state index contributed by atoms with van der Waals surface area (Å²) in [6.45, 7) is 1.87. The Morgan fingerprint density at radius 3 is 2.68 bits per heavy atom. The zero-order valence-electron chi connectivity index (χ0n) is 11.9. The van der Waals surface area contributed by atoms with E-state index >= 15 is 0 Å². The predicted molar refractivity (Wildman–Crippen MR) is 84.8 cm³/mol. The van der Waals surface area contributed by atoms with Gasteiger partial charge in [0.15, 0.2) is 11.5 Å². The van der Waals surface area contributed by atoms with Gasteiger partial charge in [0.05, 0.1) is 23.8 Å². The first-order valence-corrected chi connectivity index (χ1v) is 6.65. The number of aromatic hydroxyl groups is 1. The van der Waals surface area contributed by atoms with E-state index in [0.717, 1.165) is 11.6 Å². The van der Waals surface area contributed by atoms with Crippen LogP contribution in [0.1, 0.15) is 11.1 Å². The second-order valence-corrected chi connectivity index (χ2v) is 4.94. The van der Waals surface area contributed by atoms with Gasteiger partial charge in [-0.05, 0) is 24.6 Å². The maximum absolute atomic E-state index is 10.9. The number of ether oxygens (including phenoxy) is 1. The van der Waals surface area contributed by atoms with E-state index in [9.17, 15) is 15.2 Å². The maximum Gasteiger partial charge on any atom is 0.274 e. The molecule has 2 aromatic carbocycles. The Labute approximate surface area is 131 Å². The number of hydrogen-bond acceptors (Lipinski definition) is 5. The summed E-state index contributed by atoms with van der Waals surface area (Å²) in [6.07, 6.45) is 1.33. The Morgan fingerprint density at radius 2 is 2.09 bits per heavy atom. The van der Waals surface area contributed by atoms with E-state index in [1.807, 2.05) is 13.0 Å². The van der Waals surface area contributed by atoms with E-state index in [2.05, 4.69) is 4.99 Å². The normalized spacial score (nSPS) is 10.9. The van der Waals surface area contributed by atoms with Crippen molar-refractivity contribution in [2.75, 3.05) is 7.11 Å². The smallest absolute Gasteiger partial charge is 0.274 e.